The van der Waals surface area contributed by atoms with Crippen molar-refractivity contribution in [2.75, 3.05) is 7.11 Å². The van der Waals surface area contributed by atoms with E-state index < -0.39 is 0 Å². The number of amides is 1. The van der Waals surface area contributed by atoms with Gasteiger partial charge in [-0.15, -0.1) is 0 Å². The first-order valence-corrected chi connectivity index (χ1v) is 11.6. The molecule has 1 spiro atoms. The molecule has 5 atom stereocenters. The van der Waals surface area contributed by atoms with Gasteiger partial charge < -0.3 is 9.64 Å². The minimum atomic E-state index is 0.0536. The molecule has 3 heterocycles. The second kappa shape index (κ2) is 7.35. The molecule has 2 aromatic carbocycles. The van der Waals surface area contributed by atoms with Gasteiger partial charge in [0, 0.05) is 24.4 Å². The van der Waals surface area contributed by atoms with Crippen LogP contribution >= 0.6 is 0 Å². The van der Waals surface area contributed by atoms with Crippen LogP contribution in [0, 0.1) is 5.92 Å². The summed E-state index contributed by atoms with van der Waals surface area (Å²) in [6, 6.07) is 19.3. The molecule has 3 unspecified atom stereocenters. The predicted molar refractivity (Wildman–Crippen MR) is 117 cm³/mol. The first kappa shape index (κ1) is 19.3. The van der Waals surface area contributed by atoms with Gasteiger partial charge >= 0.3 is 0 Å². The molecule has 0 radical (unpaired) electrons. The van der Waals surface area contributed by atoms with Gasteiger partial charge in [-0.25, -0.2) is 0 Å². The second-order valence-corrected chi connectivity index (χ2v) is 9.71. The Balaban J connectivity index is 1.37. The Labute approximate surface area is 183 Å². The molecule has 1 saturated carbocycles. The molecule has 0 aromatic heterocycles. The molecule has 5 nitrogen and oxygen atoms in total. The van der Waals surface area contributed by atoms with Gasteiger partial charge in [0.15, 0.2) is 0 Å². The third-order valence-electron chi connectivity index (χ3n) is 8.12. The third-order valence-corrected chi connectivity index (χ3v) is 8.12. The molecular weight excluding hydrogens is 388 g/mol. The quantitative estimate of drug-likeness (QED) is 0.737. The monoisotopic (exact) mass is 418 g/mol. The van der Waals surface area contributed by atoms with Crippen molar-refractivity contribution < 1.29 is 14.4 Å². The number of hydroxylamine groups is 2. The maximum absolute atomic E-state index is 13.2. The van der Waals surface area contributed by atoms with Gasteiger partial charge in [-0.2, -0.15) is 5.06 Å². The number of carbonyl (C=O) groups is 1. The summed E-state index contributed by atoms with van der Waals surface area (Å²) in [7, 11) is 1.70. The average Bonchev–Trinajstić information content (AvgIpc) is 3.33. The molecule has 1 amide bonds. The number of benzene rings is 2. The summed E-state index contributed by atoms with van der Waals surface area (Å²) in [5.41, 5.74) is 2.57. The van der Waals surface area contributed by atoms with E-state index in [2.05, 4.69) is 52.4 Å². The van der Waals surface area contributed by atoms with E-state index in [-0.39, 0.29) is 23.7 Å². The number of methoxy groups -OCH3 is 1. The van der Waals surface area contributed by atoms with Crippen LogP contribution in [-0.2, 0) is 22.6 Å². The Bertz CT molecular complexity index is 962. The van der Waals surface area contributed by atoms with Crippen molar-refractivity contribution >= 4 is 5.91 Å². The molecule has 5 heteroatoms. The molecular formula is C26H30N2O3. The van der Waals surface area contributed by atoms with Crippen LogP contribution in [0.2, 0.25) is 0 Å². The summed E-state index contributed by atoms with van der Waals surface area (Å²) in [5.74, 6) is 1.71. The molecule has 0 N–H and O–H groups in total. The first-order valence-electron chi connectivity index (χ1n) is 11.6. The Morgan fingerprint density at radius 3 is 2.65 bits per heavy atom. The summed E-state index contributed by atoms with van der Waals surface area (Å²) in [6.07, 6.45) is 6.09. The Hall–Kier alpha value is -2.37. The molecule has 6 rings (SSSR count). The van der Waals surface area contributed by atoms with Crippen molar-refractivity contribution in [3.05, 3.63) is 65.7 Å². The van der Waals surface area contributed by atoms with Gasteiger partial charge in [0.1, 0.15) is 5.75 Å². The Morgan fingerprint density at radius 2 is 1.87 bits per heavy atom. The number of nitrogens with zero attached hydrogens (tertiary/aromatic N) is 2. The summed E-state index contributed by atoms with van der Waals surface area (Å²) in [6.45, 7) is 0.770. The van der Waals surface area contributed by atoms with Crippen molar-refractivity contribution in [3.8, 4) is 5.75 Å². The van der Waals surface area contributed by atoms with E-state index in [0.717, 1.165) is 44.4 Å². The maximum Gasteiger partial charge on any atom is 0.223 e. The molecule has 4 aliphatic rings. The molecule has 4 fully saturated rings. The van der Waals surface area contributed by atoms with Gasteiger partial charge in [0.25, 0.3) is 0 Å². The molecule has 162 valence electrons. The van der Waals surface area contributed by atoms with E-state index in [0.29, 0.717) is 18.2 Å². The molecule has 3 aliphatic heterocycles. The zero-order valence-electron chi connectivity index (χ0n) is 18.1. The van der Waals surface area contributed by atoms with Gasteiger partial charge in [-0.05, 0) is 55.4 Å². The minimum Gasteiger partial charge on any atom is -0.497 e. The lowest BCUT2D eigenvalue weighted by atomic mass is 9.65. The molecule has 2 aromatic rings. The lowest BCUT2D eigenvalue weighted by molar-refractivity contribution is -0.177. The highest BCUT2D eigenvalue weighted by atomic mass is 16.7. The molecule has 3 saturated heterocycles. The predicted octanol–water partition coefficient (Wildman–Crippen LogP) is 3.97. The number of piperidine rings is 1. The van der Waals surface area contributed by atoms with Crippen molar-refractivity contribution in [2.45, 2.75) is 68.8 Å². The summed E-state index contributed by atoms with van der Waals surface area (Å²) < 4.78 is 5.34. The van der Waals surface area contributed by atoms with Crippen LogP contribution in [0.25, 0.3) is 0 Å². The first-order chi connectivity index (χ1) is 15.2. The van der Waals surface area contributed by atoms with Crippen LogP contribution in [0.1, 0.15) is 43.2 Å². The number of hydrogen-bond donors (Lipinski definition) is 0. The normalized spacial score (nSPS) is 34.1. The highest BCUT2D eigenvalue weighted by Crippen LogP contribution is 2.56. The van der Waals surface area contributed by atoms with Crippen LogP contribution < -0.4 is 4.74 Å². The molecule has 2 bridgehead atoms. The highest BCUT2D eigenvalue weighted by molar-refractivity contribution is 5.80. The van der Waals surface area contributed by atoms with Gasteiger partial charge in [-0.1, -0.05) is 42.5 Å². The topological polar surface area (TPSA) is 42.0 Å². The van der Waals surface area contributed by atoms with Crippen molar-refractivity contribution in [2.24, 2.45) is 5.92 Å². The fraction of sp³-hybridized carbons (Fsp3) is 0.500. The van der Waals surface area contributed by atoms with Gasteiger partial charge in [0.2, 0.25) is 5.91 Å². The molecule has 31 heavy (non-hydrogen) atoms. The van der Waals surface area contributed by atoms with E-state index in [9.17, 15) is 4.79 Å². The van der Waals surface area contributed by atoms with Crippen LogP contribution in [0.4, 0.5) is 0 Å². The Kier molecular flexibility index (Phi) is 4.58. The SMILES string of the molecule is COc1ccc(C[C@H]2C3C4C[C@]5(CCC(=O)N25)CCC4ON3Cc2ccccc2)cc1. The summed E-state index contributed by atoms with van der Waals surface area (Å²) in [5, 5.41) is 2.22. The van der Waals surface area contributed by atoms with Crippen molar-refractivity contribution in [1.29, 1.82) is 0 Å². The third kappa shape index (κ3) is 3.09. The lowest BCUT2D eigenvalue weighted by Crippen LogP contribution is -2.66. The van der Waals surface area contributed by atoms with Gasteiger partial charge in [0.05, 0.1) is 25.3 Å². The van der Waals surface area contributed by atoms with Crippen LogP contribution in [0.15, 0.2) is 54.6 Å². The number of hydrogen-bond acceptors (Lipinski definition) is 4. The number of carbonyl (C=O) groups excluding carboxylic acids is 1. The molecule has 1 aliphatic carbocycles. The summed E-state index contributed by atoms with van der Waals surface area (Å²) >= 11 is 0. The number of rotatable bonds is 5. The van der Waals surface area contributed by atoms with E-state index in [1.807, 2.05) is 12.1 Å². The second-order valence-electron chi connectivity index (χ2n) is 9.71. The van der Waals surface area contributed by atoms with Crippen LogP contribution in [0.3, 0.4) is 0 Å². The van der Waals surface area contributed by atoms with E-state index in [1.165, 1.54) is 11.1 Å². The maximum atomic E-state index is 13.2. The van der Waals surface area contributed by atoms with Crippen LogP contribution in [0.5, 0.6) is 5.75 Å². The smallest absolute Gasteiger partial charge is 0.223 e. The van der Waals surface area contributed by atoms with E-state index in [1.54, 1.807) is 7.11 Å². The largest absolute Gasteiger partial charge is 0.497 e. The van der Waals surface area contributed by atoms with Crippen molar-refractivity contribution in [1.82, 2.24) is 9.96 Å². The summed E-state index contributed by atoms with van der Waals surface area (Å²) in [4.78, 5) is 22.1. The number of ether oxygens (including phenoxy) is 1. The lowest BCUT2D eigenvalue weighted by Gasteiger charge is -2.55. The fourth-order valence-corrected chi connectivity index (χ4v) is 6.81. The average molecular weight is 419 g/mol. The van der Waals surface area contributed by atoms with Crippen LogP contribution in [-0.4, -0.2) is 46.7 Å². The van der Waals surface area contributed by atoms with E-state index >= 15 is 0 Å². The Morgan fingerprint density at radius 1 is 1.06 bits per heavy atom. The van der Waals surface area contributed by atoms with E-state index in [4.69, 9.17) is 9.57 Å². The van der Waals surface area contributed by atoms with Crippen molar-refractivity contribution in [3.63, 3.8) is 0 Å². The highest BCUT2D eigenvalue weighted by Gasteiger charge is 2.64. The standard InChI is InChI=1S/C26H30N2O3/c1-30-20-9-7-18(8-10-20)15-22-25-21-16-26(14-12-24(29)28(22)26)13-11-23(21)31-27(25)17-19-5-3-2-4-6-19/h2-10,21-23,25H,11-17H2,1H3/t21?,22-,23?,25?,26+/m0/s1. The zero-order chi connectivity index (χ0) is 21.0. The zero-order valence-corrected chi connectivity index (χ0v) is 18.1. The minimum absolute atomic E-state index is 0.0536. The van der Waals surface area contributed by atoms with Gasteiger partial charge in [-0.3, -0.25) is 9.63 Å². The fourth-order valence-electron chi connectivity index (χ4n) is 6.81.